The van der Waals surface area contributed by atoms with Crippen LogP contribution in [0.25, 0.3) is 11.3 Å². The van der Waals surface area contributed by atoms with Crippen LogP contribution in [0.4, 0.5) is 24.5 Å². The number of halogens is 3. The largest absolute Gasteiger partial charge is 0.433 e. The first-order valence-electron chi connectivity index (χ1n) is 5.91. The standard InChI is InChI=1S/C11H11F3N5O2P/c1-5-9(19(20)21)10(18(17-5)22-2)6-3-8(11(12,13)14)16-4-7(6)15/h3-4,22H,15H2,1-2H3. The molecule has 2 rings (SSSR count). The van der Waals surface area contributed by atoms with E-state index in [1.54, 1.807) is 6.66 Å². The molecule has 0 spiro atoms. The van der Waals surface area contributed by atoms with E-state index in [-0.39, 0.29) is 37.1 Å². The molecule has 0 saturated carbocycles. The summed E-state index contributed by atoms with van der Waals surface area (Å²) >= 11 is 0. The SMILES string of the molecule is CPn1nc(C)c([N+](=O)[O-])c1-c1cc(C(F)(F)F)ncc1N. The molecule has 1 unspecified atom stereocenters. The number of anilines is 1. The normalized spacial score (nSPS) is 12.2. The van der Waals surface area contributed by atoms with E-state index in [0.29, 0.717) is 6.07 Å². The molecule has 0 bridgehead atoms. The Balaban J connectivity index is 2.79. The van der Waals surface area contributed by atoms with Gasteiger partial charge in [0.2, 0.25) is 0 Å². The number of aryl methyl sites for hydroxylation is 1. The molecule has 1 atom stereocenters. The van der Waals surface area contributed by atoms with Gasteiger partial charge >= 0.3 is 11.9 Å². The predicted molar refractivity (Wildman–Crippen MR) is 75.9 cm³/mol. The van der Waals surface area contributed by atoms with Gasteiger partial charge in [0.05, 0.1) is 16.8 Å². The Morgan fingerprint density at radius 3 is 2.59 bits per heavy atom. The van der Waals surface area contributed by atoms with Crippen LogP contribution in [0.3, 0.4) is 0 Å². The van der Waals surface area contributed by atoms with Gasteiger partial charge in [-0.1, -0.05) is 0 Å². The molecule has 0 saturated heterocycles. The highest BCUT2D eigenvalue weighted by Crippen LogP contribution is 2.40. The number of hydrogen-bond donors (Lipinski definition) is 1. The van der Waals surface area contributed by atoms with E-state index >= 15 is 0 Å². The Morgan fingerprint density at radius 1 is 1.45 bits per heavy atom. The lowest BCUT2D eigenvalue weighted by molar-refractivity contribution is -0.384. The zero-order valence-electron chi connectivity index (χ0n) is 11.5. The summed E-state index contributed by atoms with van der Waals surface area (Å²) in [6, 6.07) is 0.704. The number of nitrogens with two attached hydrogens (primary N) is 1. The van der Waals surface area contributed by atoms with Crippen LogP contribution in [0.2, 0.25) is 0 Å². The number of pyridine rings is 1. The molecule has 11 heteroatoms. The van der Waals surface area contributed by atoms with Crippen molar-refractivity contribution in [1.29, 1.82) is 0 Å². The molecule has 2 heterocycles. The summed E-state index contributed by atoms with van der Waals surface area (Å²) in [5, 5.41) is 15.2. The minimum Gasteiger partial charge on any atom is -0.397 e. The first-order valence-corrected chi connectivity index (χ1v) is 7.36. The number of nitrogen functional groups attached to an aromatic ring is 1. The number of hydrogen-bond acceptors (Lipinski definition) is 5. The third-order valence-electron chi connectivity index (χ3n) is 2.90. The molecule has 2 aromatic rings. The summed E-state index contributed by atoms with van der Waals surface area (Å²) in [7, 11) is -0.0120. The summed E-state index contributed by atoms with van der Waals surface area (Å²) in [6.45, 7) is 3.11. The van der Waals surface area contributed by atoms with Gasteiger partial charge in [-0.3, -0.25) is 10.1 Å². The van der Waals surface area contributed by atoms with Crippen molar-refractivity contribution in [2.24, 2.45) is 0 Å². The average Bonchev–Trinajstić information content (AvgIpc) is 2.74. The van der Waals surface area contributed by atoms with Gasteiger partial charge in [0, 0.05) is 14.3 Å². The molecular weight excluding hydrogens is 322 g/mol. The highest BCUT2D eigenvalue weighted by Gasteiger charge is 2.35. The van der Waals surface area contributed by atoms with Crippen LogP contribution < -0.4 is 5.73 Å². The number of alkyl halides is 3. The zero-order chi connectivity index (χ0) is 16.7. The Morgan fingerprint density at radius 2 is 2.09 bits per heavy atom. The molecule has 2 N–H and O–H groups in total. The van der Waals surface area contributed by atoms with Crippen molar-refractivity contribution in [3.05, 3.63) is 33.8 Å². The van der Waals surface area contributed by atoms with Crippen molar-refractivity contribution in [2.75, 3.05) is 12.4 Å². The molecule has 22 heavy (non-hydrogen) atoms. The number of nitrogens with zero attached hydrogens (tertiary/aromatic N) is 4. The molecule has 0 radical (unpaired) electrons. The lowest BCUT2D eigenvalue weighted by Crippen LogP contribution is -2.09. The Labute approximate surface area is 124 Å². The van der Waals surface area contributed by atoms with Crippen LogP contribution >= 0.6 is 8.73 Å². The quantitative estimate of drug-likeness (QED) is 0.529. The lowest BCUT2D eigenvalue weighted by atomic mass is 10.1. The van der Waals surface area contributed by atoms with Crippen LogP contribution in [0.5, 0.6) is 0 Å². The van der Waals surface area contributed by atoms with Gasteiger partial charge in [-0.15, -0.1) is 0 Å². The van der Waals surface area contributed by atoms with E-state index < -0.39 is 16.8 Å². The van der Waals surface area contributed by atoms with Gasteiger partial charge in [-0.25, -0.2) is 9.44 Å². The first-order chi connectivity index (χ1) is 10.2. The number of rotatable bonds is 3. The van der Waals surface area contributed by atoms with Crippen molar-refractivity contribution in [1.82, 2.24) is 14.5 Å². The molecule has 0 aliphatic carbocycles. The van der Waals surface area contributed by atoms with E-state index in [4.69, 9.17) is 5.73 Å². The highest BCUT2D eigenvalue weighted by molar-refractivity contribution is 7.35. The zero-order valence-corrected chi connectivity index (χ0v) is 12.5. The van der Waals surface area contributed by atoms with Crippen molar-refractivity contribution < 1.29 is 18.1 Å². The monoisotopic (exact) mass is 333 g/mol. The summed E-state index contributed by atoms with van der Waals surface area (Å²) < 4.78 is 39.7. The molecule has 0 aliphatic rings. The minimum atomic E-state index is -4.67. The average molecular weight is 333 g/mol. The topological polar surface area (TPSA) is 99.9 Å². The van der Waals surface area contributed by atoms with E-state index in [0.717, 1.165) is 6.20 Å². The second-order valence-corrected chi connectivity index (χ2v) is 5.20. The lowest BCUT2D eigenvalue weighted by Gasteiger charge is -2.11. The Bertz CT molecular complexity index is 744. The molecule has 0 fully saturated rings. The van der Waals surface area contributed by atoms with E-state index in [1.165, 1.54) is 11.4 Å². The van der Waals surface area contributed by atoms with E-state index in [1.807, 2.05) is 0 Å². The van der Waals surface area contributed by atoms with Gasteiger partial charge in [-0.2, -0.15) is 18.3 Å². The van der Waals surface area contributed by atoms with Crippen LogP contribution in [0, 0.1) is 17.0 Å². The van der Waals surface area contributed by atoms with Crippen LogP contribution in [0.15, 0.2) is 12.3 Å². The van der Waals surface area contributed by atoms with Crippen molar-refractivity contribution in [2.45, 2.75) is 13.1 Å². The van der Waals surface area contributed by atoms with Gasteiger partial charge < -0.3 is 5.73 Å². The van der Waals surface area contributed by atoms with Gasteiger partial charge in [0.1, 0.15) is 11.4 Å². The molecule has 0 amide bonds. The Kier molecular flexibility index (Phi) is 4.06. The molecule has 2 aromatic heterocycles. The maximum atomic E-state index is 12.8. The third-order valence-corrected chi connectivity index (χ3v) is 3.65. The second kappa shape index (κ2) is 5.53. The smallest absolute Gasteiger partial charge is 0.397 e. The fraction of sp³-hybridized carbons (Fsp3) is 0.273. The van der Waals surface area contributed by atoms with E-state index in [2.05, 4.69) is 10.1 Å². The maximum Gasteiger partial charge on any atom is 0.433 e. The molecule has 118 valence electrons. The number of aromatic nitrogens is 3. The fourth-order valence-electron chi connectivity index (χ4n) is 1.97. The van der Waals surface area contributed by atoms with E-state index in [9.17, 15) is 23.3 Å². The minimum absolute atomic E-state index is 0.0120. The molecule has 0 aromatic carbocycles. The van der Waals surface area contributed by atoms with Gasteiger partial charge in [-0.05, 0) is 19.7 Å². The predicted octanol–water partition coefficient (Wildman–Crippen LogP) is 2.83. The molecular formula is C11H11F3N5O2P. The van der Waals surface area contributed by atoms with Crippen LogP contribution in [-0.4, -0.2) is 26.1 Å². The number of nitro groups is 1. The second-order valence-electron chi connectivity index (χ2n) is 4.33. The summed E-state index contributed by atoms with van der Waals surface area (Å²) in [5.41, 5.74) is 4.01. The fourth-order valence-corrected chi connectivity index (χ4v) is 2.67. The van der Waals surface area contributed by atoms with Crippen LogP contribution in [-0.2, 0) is 6.18 Å². The first kappa shape index (κ1) is 16.2. The molecule has 7 nitrogen and oxygen atoms in total. The summed E-state index contributed by atoms with van der Waals surface area (Å²) in [6.07, 6.45) is -3.83. The van der Waals surface area contributed by atoms with Crippen molar-refractivity contribution in [3.63, 3.8) is 0 Å². The highest BCUT2D eigenvalue weighted by atomic mass is 31.1. The maximum absolute atomic E-state index is 12.8. The Hall–Kier alpha value is -2.22. The summed E-state index contributed by atoms with van der Waals surface area (Å²) in [5.74, 6) is 0. The van der Waals surface area contributed by atoms with Crippen molar-refractivity contribution >= 4 is 20.1 Å². The van der Waals surface area contributed by atoms with Gasteiger partial charge in [0.15, 0.2) is 5.69 Å². The van der Waals surface area contributed by atoms with Gasteiger partial charge in [0.25, 0.3) is 0 Å². The van der Waals surface area contributed by atoms with Crippen molar-refractivity contribution in [3.8, 4) is 11.3 Å². The third kappa shape index (κ3) is 2.74. The molecule has 0 aliphatic heterocycles. The summed E-state index contributed by atoms with van der Waals surface area (Å²) in [4.78, 5) is 13.8. The van der Waals surface area contributed by atoms with Crippen LogP contribution in [0.1, 0.15) is 11.4 Å².